The lowest BCUT2D eigenvalue weighted by atomic mass is 9.68. The number of fused-ring (bicyclic) bond motifs is 4. The highest BCUT2D eigenvalue weighted by Crippen LogP contribution is 2.63. The van der Waals surface area contributed by atoms with E-state index in [0.717, 1.165) is 36.8 Å². The molecule has 5 aromatic rings. The first-order valence-electron chi connectivity index (χ1n) is 16.1. The molecule has 0 spiro atoms. The van der Waals surface area contributed by atoms with Crippen molar-refractivity contribution in [2.45, 2.75) is 30.1 Å². The molecular formula is C42H30Br2O4. The third-order valence-corrected chi connectivity index (χ3v) is 11.4. The SMILES string of the molecule is O=C(C[C@@H]1c2ccccc2C([C@@H]2c3ccccc3[C@H]3C=C(c4ccccc4)OC(=O)[C@H]32)[C@H]1C(=O)c1ccc(Br)cc1)c1ccc(Br)cc1. The van der Waals surface area contributed by atoms with E-state index in [1.807, 2.05) is 103 Å². The summed E-state index contributed by atoms with van der Waals surface area (Å²) in [6.45, 7) is 0. The van der Waals surface area contributed by atoms with Crippen LogP contribution in [0.5, 0.6) is 0 Å². The number of ether oxygens (including phenoxy) is 1. The minimum absolute atomic E-state index is 0.0197. The molecule has 236 valence electrons. The third-order valence-electron chi connectivity index (χ3n) is 10.3. The Morgan fingerprint density at radius 1 is 0.583 bits per heavy atom. The van der Waals surface area contributed by atoms with Gasteiger partial charge in [0.15, 0.2) is 11.6 Å². The van der Waals surface area contributed by atoms with Crippen molar-refractivity contribution in [3.63, 3.8) is 0 Å². The lowest BCUT2D eigenvalue weighted by Crippen LogP contribution is -2.34. The molecule has 0 fully saturated rings. The number of allylic oxidation sites excluding steroid dienone is 1. The van der Waals surface area contributed by atoms with E-state index >= 15 is 0 Å². The number of esters is 1. The summed E-state index contributed by atoms with van der Waals surface area (Å²) in [5, 5.41) is 0. The highest BCUT2D eigenvalue weighted by molar-refractivity contribution is 9.10. The Kier molecular flexibility index (Phi) is 8.10. The number of hydrogen-bond acceptors (Lipinski definition) is 4. The van der Waals surface area contributed by atoms with Gasteiger partial charge in [-0.2, -0.15) is 0 Å². The average molecular weight is 759 g/mol. The van der Waals surface area contributed by atoms with Crippen LogP contribution in [0, 0.1) is 11.8 Å². The molecule has 6 atom stereocenters. The third kappa shape index (κ3) is 5.32. The summed E-state index contributed by atoms with van der Waals surface area (Å²) in [6.07, 6.45) is 2.26. The van der Waals surface area contributed by atoms with Crippen molar-refractivity contribution in [3.8, 4) is 0 Å². The van der Waals surface area contributed by atoms with Crippen LogP contribution in [0.3, 0.4) is 0 Å². The van der Waals surface area contributed by atoms with Crippen molar-refractivity contribution in [1.29, 1.82) is 0 Å². The molecule has 0 N–H and O–H groups in total. The predicted octanol–water partition coefficient (Wildman–Crippen LogP) is 10.3. The fraction of sp³-hybridized carbons (Fsp3) is 0.167. The molecule has 2 aliphatic carbocycles. The molecule has 4 nitrogen and oxygen atoms in total. The first kappa shape index (κ1) is 30.9. The quantitative estimate of drug-likeness (QED) is 0.123. The van der Waals surface area contributed by atoms with Gasteiger partial charge in [0.2, 0.25) is 0 Å². The summed E-state index contributed by atoms with van der Waals surface area (Å²) in [7, 11) is 0. The van der Waals surface area contributed by atoms with Gasteiger partial charge in [0.25, 0.3) is 0 Å². The second-order valence-electron chi connectivity index (χ2n) is 12.8. The van der Waals surface area contributed by atoms with Crippen LogP contribution in [0.25, 0.3) is 5.76 Å². The zero-order chi connectivity index (χ0) is 32.9. The lowest BCUT2D eigenvalue weighted by Gasteiger charge is -2.34. The van der Waals surface area contributed by atoms with E-state index in [4.69, 9.17) is 4.74 Å². The van der Waals surface area contributed by atoms with E-state index in [9.17, 15) is 14.4 Å². The Morgan fingerprint density at radius 3 is 1.77 bits per heavy atom. The molecular weight excluding hydrogens is 728 g/mol. The average Bonchev–Trinajstić information content (AvgIpc) is 3.61. The van der Waals surface area contributed by atoms with Gasteiger partial charge >= 0.3 is 5.97 Å². The number of halogens is 2. The van der Waals surface area contributed by atoms with Gasteiger partial charge in [0, 0.05) is 61.6 Å². The van der Waals surface area contributed by atoms with Gasteiger partial charge in [-0.3, -0.25) is 14.4 Å². The van der Waals surface area contributed by atoms with Crippen LogP contribution < -0.4 is 0 Å². The highest BCUT2D eigenvalue weighted by atomic mass is 79.9. The maximum Gasteiger partial charge on any atom is 0.315 e. The van der Waals surface area contributed by atoms with Crippen LogP contribution in [0.15, 0.2) is 142 Å². The first-order chi connectivity index (χ1) is 23.4. The number of carbonyl (C=O) groups is 3. The van der Waals surface area contributed by atoms with Crippen LogP contribution in [-0.4, -0.2) is 17.5 Å². The van der Waals surface area contributed by atoms with Gasteiger partial charge in [-0.15, -0.1) is 0 Å². The molecule has 1 unspecified atom stereocenters. The molecule has 5 aromatic carbocycles. The normalized spacial score (nSPS) is 23.8. The largest absolute Gasteiger partial charge is 0.426 e. The number of carbonyl (C=O) groups excluding carboxylic acids is 3. The topological polar surface area (TPSA) is 60.4 Å². The van der Waals surface area contributed by atoms with E-state index in [1.54, 1.807) is 0 Å². The van der Waals surface area contributed by atoms with Gasteiger partial charge in [-0.1, -0.05) is 135 Å². The van der Waals surface area contributed by atoms with E-state index in [1.165, 1.54) is 0 Å². The number of ketones is 2. The molecule has 0 aromatic heterocycles. The fourth-order valence-electron chi connectivity index (χ4n) is 8.31. The summed E-state index contributed by atoms with van der Waals surface area (Å²) >= 11 is 6.98. The molecule has 0 radical (unpaired) electrons. The zero-order valence-electron chi connectivity index (χ0n) is 25.8. The second kappa shape index (κ2) is 12.6. The molecule has 0 bridgehead atoms. The van der Waals surface area contributed by atoms with Crippen LogP contribution in [-0.2, 0) is 9.53 Å². The van der Waals surface area contributed by atoms with E-state index < -0.39 is 11.8 Å². The highest BCUT2D eigenvalue weighted by Gasteiger charge is 2.57. The lowest BCUT2D eigenvalue weighted by molar-refractivity contribution is -0.143. The molecule has 48 heavy (non-hydrogen) atoms. The molecule has 3 aliphatic rings. The Morgan fingerprint density at radius 2 is 1.12 bits per heavy atom. The number of Topliss-reactive ketones (excluding diaryl/α,β-unsaturated/α-hetero) is 2. The molecule has 0 saturated heterocycles. The van der Waals surface area contributed by atoms with Crippen molar-refractivity contribution in [3.05, 3.63) is 181 Å². The number of hydrogen-bond donors (Lipinski definition) is 0. The maximum absolute atomic E-state index is 14.9. The Hall–Kier alpha value is -4.39. The molecule has 0 saturated carbocycles. The summed E-state index contributed by atoms with van der Waals surface area (Å²) in [5.41, 5.74) is 6.20. The second-order valence-corrected chi connectivity index (χ2v) is 14.6. The molecule has 0 amide bonds. The molecule has 1 heterocycles. The minimum atomic E-state index is -0.577. The van der Waals surface area contributed by atoms with Gasteiger partial charge < -0.3 is 4.74 Å². The number of rotatable bonds is 7. The van der Waals surface area contributed by atoms with Crippen molar-refractivity contribution in [2.75, 3.05) is 0 Å². The Labute approximate surface area is 296 Å². The van der Waals surface area contributed by atoms with E-state index in [-0.39, 0.29) is 47.6 Å². The standard InChI is InChI=1S/C42H30Br2O4/c43-27-18-14-24(15-19-27)35(45)22-33-29-10-4-6-12-31(29)37(39(33)41(46)26-16-20-28(44)21-17-26)38-32-13-7-5-11-30(32)34-23-36(48-42(47)40(34)38)25-8-2-1-3-9-25/h1-21,23,33-34,37-40H,22H2/t33-,34-,37?,38+,39+,40-/m1/s1. The van der Waals surface area contributed by atoms with Crippen molar-refractivity contribution < 1.29 is 19.1 Å². The monoisotopic (exact) mass is 756 g/mol. The number of benzene rings is 5. The molecule has 8 rings (SSSR count). The summed E-state index contributed by atoms with van der Waals surface area (Å²) in [5.74, 6) is -2.13. The van der Waals surface area contributed by atoms with Gasteiger partial charge in [0.05, 0.1) is 5.92 Å². The Balaban J connectivity index is 1.28. The van der Waals surface area contributed by atoms with Crippen molar-refractivity contribution in [1.82, 2.24) is 0 Å². The van der Waals surface area contributed by atoms with Gasteiger partial charge in [-0.05, 0) is 52.6 Å². The van der Waals surface area contributed by atoms with Crippen LogP contribution in [0.4, 0.5) is 0 Å². The Bertz CT molecular complexity index is 2090. The van der Waals surface area contributed by atoms with Gasteiger partial charge in [0.1, 0.15) is 5.76 Å². The summed E-state index contributed by atoms with van der Waals surface area (Å²) in [4.78, 5) is 43.1. The van der Waals surface area contributed by atoms with Crippen LogP contribution in [0.2, 0.25) is 0 Å². The number of cyclic esters (lactones) is 1. The predicted molar refractivity (Wildman–Crippen MR) is 193 cm³/mol. The summed E-state index contributed by atoms with van der Waals surface area (Å²) < 4.78 is 7.90. The molecule has 1 aliphatic heterocycles. The summed E-state index contributed by atoms with van der Waals surface area (Å²) in [6, 6.07) is 40.9. The van der Waals surface area contributed by atoms with E-state index in [2.05, 4.69) is 62.2 Å². The fourth-order valence-corrected chi connectivity index (χ4v) is 8.84. The van der Waals surface area contributed by atoms with Crippen molar-refractivity contribution >= 4 is 55.2 Å². The van der Waals surface area contributed by atoms with Crippen molar-refractivity contribution in [2.24, 2.45) is 11.8 Å². The van der Waals surface area contributed by atoms with E-state index in [0.29, 0.717) is 16.9 Å². The molecule has 6 heteroatoms. The maximum atomic E-state index is 14.9. The van der Waals surface area contributed by atoms with Gasteiger partial charge in [-0.25, -0.2) is 0 Å². The first-order valence-corrected chi connectivity index (χ1v) is 17.7. The van der Waals surface area contributed by atoms with Crippen LogP contribution >= 0.6 is 31.9 Å². The smallest absolute Gasteiger partial charge is 0.315 e. The zero-order valence-corrected chi connectivity index (χ0v) is 28.9. The minimum Gasteiger partial charge on any atom is -0.426 e. The van der Waals surface area contributed by atoms with Crippen LogP contribution in [0.1, 0.15) is 78.6 Å².